The van der Waals surface area contributed by atoms with Crippen LogP contribution < -0.4 is 5.32 Å². The third-order valence-electron chi connectivity index (χ3n) is 5.44. The van der Waals surface area contributed by atoms with E-state index in [0.29, 0.717) is 10.2 Å². The summed E-state index contributed by atoms with van der Waals surface area (Å²) in [7, 11) is 0. The number of nitrogens with zero attached hydrogens (tertiary/aromatic N) is 2. The molecule has 4 aromatic rings. The maximum absolute atomic E-state index is 13.3. The summed E-state index contributed by atoms with van der Waals surface area (Å²) in [6.45, 7) is 3.93. The first-order chi connectivity index (χ1) is 14.9. The smallest absolute Gasteiger partial charge is 0.232 e. The van der Waals surface area contributed by atoms with Gasteiger partial charge in [-0.25, -0.2) is 0 Å². The number of carbonyl (C=O) groups is 1. The second kappa shape index (κ2) is 9.00. The third-order valence-corrected chi connectivity index (χ3v) is 6.30. The van der Waals surface area contributed by atoms with Gasteiger partial charge in [-0.05, 0) is 34.4 Å². The fourth-order valence-electron chi connectivity index (χ4n) is 3.80. The van der Waals surface area contributed by atoms with Gasteiger partial charge in [0, 0.05) is 10.9 Å². The van der Waals surface area contributed by atoms with Crippen molar-refractivity contribution < 1.29 is 4.79 Å². The van der Waals surface area contributed by atoms with Gasteiger partial charge in [-0.1, -0.05) is 104 Å². The molecule has 3 aromatic carbocycles. The number of benzene rings is 3. The molecule has 1 N–H and O–H groups in total. The summed E-state index contributed by atoms with van der Waals surface area (Å²) in [6, 6.07) is 26.3. The number of halogens is 1. The number of carbonyl (C=O) groups excluding carboxylic acids is 1. The van der Waals surface area contributed by atoms with Gasteiger partial charge < -0.3 is 5.32 Å². The predicted octanol–water partition coefficient (Wildman–Crippen LogP) is 6.66. The number of hydrogen-bond acceptors (Lipinski definition) is 4. The number of amides is 1. The van der Waals surface area contributed by atoms with E-state index < -0.39 is 5.41 Å². The Morgan fingerprint density at radius 2 is 1.48 bits per heavy atom. The number of aromatic nitrogens is 2. The lowest BCUT2D eigenvalue weighted by Gasteiger charge is -2.33. The van der Waals surface area contributed by atoms with Crippen LogP contribution in [0.1, 0.15) is 30.9 Å². The molecule has 4 nitrogen and oxygen atoms in total. The largest absolute Gasteiger partial charge is 0.300 e. The van der Waals surface area contributed by atoms with Crippen LogP contribution in [0.5, 0.6) is 0 Å². The van der Waals surface area contributed by atoms with Crippen molar-refractivity contribution in [1.82, 2.24) is 10.2 Å². The van der Waals surface area contributed by atoms with Gasteiger partial charge in [0.1, 0.15) is 5.51 Å². The van der Waals surface area contributed by atoms with Crippen molar-refractivity contribution in [1.29, 1.82) is 0 Å². The van der Waals surface area contributed by atoms with E-state index in [4.69, 9.17) is 11.6 Å². The first kappa shape index (κ1) is 21.2. The quantitative estimate of drug-likeness (QED) is 0.359. The molecule has 1 aromatic heterocycles. The molecular weight excluding hydrogens is 426 g/mol. The van der Waals surface area contributed by atoms with Crippen LogP contribution in [0.15, 0.2) is 84.4 Å². The zero-order valence-electron chi connectivity index (χ0n) is 17.2. The summed E-state index contributed by atoms with van der Waals surface area (Å²) in [4.78, 5) is 13.3. The van der Waals surface area contributed by atoms with Crippen LogP contribution in [-0.2, 0) is 4.79 Å². The fourth-order valence-corrected chi connectivity index (χ4v) is 4.36. The van der Waals surface area contributed by atoms with Gasteiger partial charge in [0.15, 0.2) is 0 Å². The van der Waals surface area contributed by atoms with E-state index in [1.54, 1.807) is 5.51 Å². The molecule has 0 saturated carbocycles. The topological polar surface area (TPSA) is 54.9 Å². The van der Waals surface area contributed by atoms with E-state index in [-0.39, 0.29) is 11.8 Å². The number of nitrogens with one attached hydrogen (secondary N) is 1. The zero-order valence-corrected chi connectivity index (χ0v) is 18.8. The zero-order chi connectivity index (χ0) is 21.8. The molecule has 1 atom stereocenters. The molecule has 1 heterocycles. The molecule has 0 bridgehead atoms. The van der Waals surface area contributed by atoms with E-state index in [1.165, 1.54) is 11.3 Å². The average molecular weight is 448 g/mol. The number of hydrogen-bond donors (Lipinski definition) is 1. The molecule has 156 valence electrons. The molecule has 6 heteroatoms. The van der Waals surface area contributed by atoms with Crippen LogP contribution in [0.2, 0.25) is 5.02 Å². The Bertz CT molecular complexity index is 1140. The third kappa shape index (κ3) is 4.68. The van der Waals surface area contributed by atoms with Crippen LogP contribution in [0.4, 0.5) is 5.13 Å². The first-order valence-corrected chi connectivity index (χ1v) is 11.2. The van der Waals surface area contributed by atoms with E-state index in [2.05, 4.69) is 51.9 Å². The van der Waals surface area contributed by atoms with Gasteiger partial charge in [-0.2, -0.15) is 0 Å². The minimum absolute atomic E-state index is 0.0973. The van der Waals surface area contributed by atoms with Crippen LogP contribution in [-0.4, -0.2) is 16.1 Å². The van der Waals surface area contributed by atoms with Crippen molar-refractivity contribution >= 4 is 34.0 Å². The van der Waals surface area contributed by atoms with Gasteiger partial charge in [-0.3, -0.25) is 4.79 Å². The minimum Gasteiger partial charge on any atom is -0.300 e. The van der Waals surface area contributed by atoms with Crippen LogP contribution in [0.25, 0.3) is 11.1 Å². The van der Waals surface area contributed by atoms with E-state index >= 15 is 0 Å². The summed E-state index contributed by atoms with van der Waals surface area (Å²) in [5, 5.41) is 11.9. The van der Waals surface area contributed by atoms with Gasteiger partial charge >= 0.3 is 0 Å². The predicted molar refractivity (Wildman–Crippen MR) is 127 cm³/mol. The lowest BCUT2D eigenvalue weighted by atomic mass is 9.70. The summed E-state index contributed by atoms with van der Waals surface area (Å²) in [5.74, 6) is -0.235. The molecule has 0 saturated heterocycles. The maximum Gasteiger partial charge on any atom is 0.232 e. The normalized spacial score (nSPS) is 12.4. The van der Waals surface area contributed by atoms with Crippen molar-refractivity contribution in [2.75, 3.05) is 5.32 Å². The van der Waals surface area contributed by atoms with Crippen molar-refractivity contribution in [3.8, 4) is 11.1 Å². The lowest BCUT2D eigenvalue weighted by Crippen LogP contribution is -2.37. The Morgan fingerprint density at radius 1 is 0.903 bits per heavy atom. The lowest BCUT2D eigenvalue weighted by molar-refractivity contribution is -0.124. The monoisotopic (exact) mass is 447 g/mol. The van der Waals surface area contributed by atoms with Gasteiger partial charge in [0.2, 0.25) is 11.0 Å². The van der Waals surface area contributed by atoms with Crippen molar-refractivity contribution in [2.45, 2.75) is 19.8 Å². The fraction of sp³-hybridized carbons (Fsp3) is 0.160. The highest BCUT2D eigenvalue weighted by Gasteiger charge is 2.39. The standard InChI is InChI=1S/C25H22ClN3OS/c1-25(2,23(30)28-24-29-27-16-31-24)22(19-6-4-3-5-7-19)20-10-8-17(9-11-20)18-12-14-21(26)15-13-18/h3-16,22H,1-2H3,(H,28,29,30). The molecule has 1 unspecified atom stereocenters. The van der Waals surface area contributed by atoms with Crippen LogP contribution >= 0.6 is 22.9 Å². The molecule has 0 spiro atoms. The van der Waals surface area contributed by atoms with Crippen LogP contribution in [0, 0.1) is 5.41 Å². The Kier molecular flexibility index (Phi) is 6.16. The van der Waals surface area contributed by atoms with E-state index in [0.717, 1.165) is 22.3 Å². The van der Waals surface area contributed by atoms with E-state index in [9.17, 15) is 4.79 Å². The summed E-state index contributed by atoms with van der Waals surface area (Å²) in [5.41, 5.74) is 5.23. The average Bonchev–Trinajstić information content (AvgIpc) is 3.29. The van der Waals surface area contributed by atoms with Gasteiger partial charge in [0.25, 0.3) is 0 Å². The second-order valence-corrected chi connectivity index (χ2v) is 9.16. The first-order valence-electron chi connectivity index (χ1n) is 9.93. The molecule has 1 amide bonds. The summed E-state index contributed by atoms with van der Waals surface area (Å²) in [6.07, 6.45) is 0. The Labute approximate surface area is 190 Å². The molecule has 0 fully saturated rings. The Morgan fingerprint density at radius 3 is 2.06 bits per heavy atom. The van der Waals surface area contributed by atoms with Gasteiger partial charge in [0.05, 0.1) is 5.41 Å². The van der Waals surface area contributed by atoms with Crippen LogP contribution in [0.3, 0.4) is 0 Å². The number of rotatable bonds is 6. The molecule has 0 aliphatic rings. The molecule has 0 aliphatic carbocycles. The SMILES string of the molecule is CC(C)(C(=O)Nc1nncs1)C(c1ccccc1)c1ccc(-c2ccc(Cl)cc2)cc1. The summed E-state index contributed by atoms with van der Waals surface area (Å²) >= 11 is 7.33. The van der Waals surface area contributed by atoms with Crippen molar-refractivity contribution in [3.05, 3.63) is 101 Å². The molecular formula is C25H22ClN3OS. The summed E-state index contributed by atoms with van der Waals surface area (Å²) < 4.78 is 0. The second-order valence-electron chi connectivity index (χ2n) is 7.89. The highest BCUT2D eigenvalue weighted by molar-refractivity contribution is 7.13. The van der Waals surface area contributed by atoms with E-state index in [1.807, 2.05) is 56.3 Å². The highest BCUT2D eigenvalue weighted by atomic mass is 35.5. The highest BCUT2D eigenvalue weighted by Crippen LogP contribution is 2.42. The molecule has 4 rings (SSSR count). The van der Waals surface area contributed by atoms with Gasteiger partial charge in [-0.15, -0.1) is 10.2 Å². The molecule has 0 radical (unpaired) electrons. The molecule has 0 aliphatic heterocycles. The van der Waals surface area contributed by atoms with Crippen molar-refractivity contribution in [2.24, 2.45) is 5.41 Å². The Balaban J connectivity index is 1.70. The molecule has 31 heavy (non-hydrogen) atoms. The Hall–Kier alpha value is -3.02. The maximum atomic E-state index is 13.3. The minimum atomic E-state index is -0.727. The van der Waals surface area contributed by atoms with Crippen molar-refractivity contribution in [3.63, 3.8) is 0 Å². The number of anilines is 1.